The van der Waals surface area contributed by atoms with Crippen molar-refractivity contribution >= 4 is 90.7 Å². The van der Waals surface area contributed by atoms with E-state index in [1.165, 1.54) is 38.5 Å². The largest absolute Gasteiger partial charge is 2.00 e. The van der Waals surface area contributed by atoms with Gasteiger partial charge in [-0.2, -0.15) is 0 Å². The van der Waals surface area contributed by atoms with Crippen LogP contribution in [-0.4, -0.2) is 74.8 Å². The van der Waals surface area contributed by atoms with E-state index in [4.69, 9.17) is 0 Å². The predicted octanol–water partition coefficient (Wildman–Crippen LogP) is 11.6. The van der Waals surface area contributed by atoms with Crippen molar-refractivity contribution < 1.29 is 25.9 Å². The molecule has 6 nitrogen and oxygen atoms in total. The van der Waals surface area contributed by atoms with Gasteiger partial charge in [0.05, 0.1) is 9.79 Å². The molecule has 0 aliphatic carbocycles. The van der Waals surface area contributed by atoms with Crippen molar-refractivity contribution in [2.45, 2.75) is 166 Å². The molecule has 0 saturated heterocycles. The second-order valence-corrected chi connectivity index (χ2v) is 16.9. The first-order valence-electron chi connectivity index (χ1n) is 20.0. The average Bonchev–Trinajstić information content (AvgIpc) is 3.11. The number of hydrogen-bond acceptors (Lipinski definition) is 6. The molecule has 0 bridgehead atoms. The van der Waals surface area contributed by atoms with Crippen molar-refractivity contribution in [1.29, 1.82) is 0 Å². The van der Waals surface area contributed by atoms with Gasteiger partial charge < -0.3 is 9.11 Å². The Hall–Kier alpha value is -1.21. The zero-order valence-corrected chi connectivity index (χ0v) is 39.0. The molecular weight excluding hydrogens is 826 g/mol. The van der Waals surface area contributed by atoms with Crippen molar-refractivity contribution in [3.8, 4) is 0 Å². The Morgan fingerprint density at radius 1 is 0.377 bits per heavy atom. The molecule has 0 atom stereocenters. The Labute approximate surface area is 361 Å². The van der Waals surface area contributed by atoms with E-state index >= 15 is 0 Å². The number of hydrogen-bond donors (Lipinski definition) is 0. The minimum atomic E-state index is -4.50. The van der Waals surface area contributed by atoms with Gasteiger partial charge in [0.25, 0.3) is 0 Å². The summed E-state index contributed by atoms with van der Waals surface area (Å²) < 4.78 is 72.1. The van der Waals surface area contributed by atoms with Crippen LogP contribution >= 0.6 is 0 Å². The first kappa shape index (κ1) is 47.9. The van der Waals surface area contributed by atoms with Gasteiger partial charge in [-0.3, -0.25) is 0 Å². The van der Waals surface area contributed by atoms with E-state index in [0.29, 0.717) is 34.7 Å². The van der Waals surface area contributed by atoms with Crippen LogP contribution in [0.4, 0.5) is 0 Å². The van der Waals surface area contributed by atoms with Crippen molar-refractivity contribution in [2.75, 3.05) is 0 Å². The summed E-state index contributed by atoms with van der Waals surface area (Å²) >= 11 is 0. The van der Waals surface area contributed by atoms with Crippen LogP contribution in [0.5, 0.6) is 0 Å². The maximum absolute atomic E-state index is 12.0. The van der Waals surface area contributed by atoms with Crippen LogP contribution in [0, 0.1) is 0 Å². The van der Waals surface area contributed by atoms with Crippen LogP contribution in [-0.2, 0) is 45.9 Å². The van der Waals surface area contributed by atoms with E-state index in [1.54, 1.807) is 12.1 Å². The molecule has 0 aliphatic heterocycles. The molecule has 4 aromatic rings. The third kappa shape index (κ3) is 15.3. The fourth-order valence-corrected chi connectivity index (χ4v) is 9.15. The van der Waals surface area contributed by atoms with Gasteiger partial charge in [0.15, 0.2) is 0 Å². The quantitative estimate of drug-likeness (QED) is 0.0441. The van der Waals surface area contributed by atoms with Crippen LogP contribution < -0.4 is 0 Å². The summed E-state index contributed by atoms with van der Waals surface area (Å²) in [7, 11) is -9.00. The Balaban J connectivity index is 0.000000360. The summed E-state index contributed by atoms with van der Waals surface area (Å²) in [5, 5.41) is 3.02. The van der Waals surface area contributed by atoms with Gasteiger partial charge in [-0.1, -0.05) is 165 Å². The second-order valence-electron chi connectivity index (χ2n) is 14.3. The predicted molar refractivity (Wildman–Crippen MR) is 221 cm³/mol. The fourth-order valence-electron chi connectivity index (χ4n) is 7.27. The van der Waals surface area contributed by atoms with Crippen molar-refractivity contribution in [2.24, 2.45) is 0 Å². The zero-order chi connectivity index (χ0) is 38.0. The maximum Gasteiger partial charge on any atom is 2.00 e. The summed E-state index contributed by atoms with van der Waals surface area (Å²) in [4.78, 5) is 0.00353. The molecule has 4 rings (SSSR count). The Bertz CT molecular complexity index is 1770. The smallest absolute Gasteiger partial charge is 0.744 e. The molecule has 0 N–H and O–H groups in total. The molecule has 0 aromatic heterocycles. The molecular formula is C44H62BaO6S2. The van der Waals surface area contributed by atoms with E-state index in [1.807, 2.05) is 36.4 Å². The fraction of sp³-hybridized carbons (Fsp3) is 0.545. The van der Waals surface area contributed by atoms with Crippen molar-refractivity contribution in [1.82, 2.24) is 0 Å². The Morgan fingerprint density at radius 3 is 0.962 bits per heavy atom. The number of benzene rings is 4. The van der Waals surface area contributed by atoms with Crippen molar-refractivity contribution in [3.05, 3.63) is 82.9 Å². The van der Waals surface area contributed by atoms with E-state index < -0.39 is 20.2 Å². The first-order valence-corrected chi connectivity index (χ1v) is 22.8. The van der Waals surface area contributed by atoms with Crippen molar-refractivity contribution in [3.63, 3.8) is 0 Å². The first-order chi connectivity index (χ1) is 25.0. The van der Waals surface area contributed by atoms with Crippen LogP contribution in [0.25, 0.3) is 21.5 Å². The van der Waals surface area contributed by atoms with Crippen LogP contribution in [0.15, 0.2) is 70.5 Å². The molecule has 0 spiro atoms. The summed E-state index contributed by atoms with van der Waals surface area (Å²) in [6, 6.07) is 19.2. The Kier molecular flexibility index (Phi) is 22.7. The minimum Gasteiger partial charge on any atom is -0.744 e. The minimum absolute atomic E-state index is 0. The zero-order valence-electron chi connectivity index (χ0n) is 32.9. The monoisotopic (exact) mass is 888 g/mol. The van der Waals surface area contributed by atoms with E-state index in [2.05, 4.69) is 39.8 Å². The van der Waals surface area contributed by atoms with E-state index in [-0.39, 0.29) is 58.7 Å². The topological polar surface area (TPSA) is 114 Å². The summed E-state index contributed by atoms with van der Waals surface area (Å²) in [5.41, 5.74) is 3.63. The molecule has 0 amide bonds. The molecule has 4 aromatic carbocycles. The summed E-state index contributed by atoms with van der Waals surface area (Å²) in [6.07, 6.45) is 21.0. The third-order valence-corrected chi connectivity index (χ3v) is 12.0. The molecule has 0 aliphatic rings. The summed E-state index contributed by atoms with van der Waals surface area (Å²) in [5.74, 6) is 0. The maximum atomic E-state index is 12.0. The number of unbranched alkanes of at least 4 members (excludes halogenated alkanes) is 12. The van der Waals surface area contributed by atoms with Gasteiger partial charge in [0, 0.05) is 0 Å². The van der Waals surface area contributed by atoms with Gasteiger partial charge in [-0.25, -0.2) is 16.8 Å². The second kappa shape index (κ2) is 25.1. The van der Waals surface area contributed by atoms with Crippen LogP contribution in [0.2, 0.25) is 0 Å². The molecule has 9 heteroatoms. The van der Waals surface area contributed by atoms with Gasteiger partial charge in [0.2, 0.25) is 0 Å². The molecule has 0 unspecified atom stereocenters. The van der Waals surface area contributed by atoms with E-state index in [9.17, 15) is 25.9 Å². The van der Waals surface area contributed by atoms with Gasteiger partial charge in [-0.15, -0.1) is 0 Å². The molecule has 0 saturated carbocycles. The molecule has 288 valence electrons. The van der Waals surface area contributed by atoms with Crippen LogP contribution in [0.1, 0.15) is 153 Å². The molecule has 53 heavy (non-hydrogen) atoms. The average molecular weight is 888 g/mol. The van der Waals surface area contributed by atoms with Gasteiger partial charge in [0.1, 0.15) is 20.2 Å². The third-order valence-electron chi connectivity index (χ3n) is 10.1. The standard InChI is InChI=1S/2C22H32O3S.Ba/c2*1-3-5-7-9-12-18-14-11-15-21-20(18)17-16-19(13-10-8-6-4-2)22(21)26(23,24)25;/h2*11,14-17H,3-10,12-13H2,1-2H3,(H,23,24,25);/q;;+2/p-2. The van der Waals surface area contributed by atoms with Gasteiger partial charge >= 0.3 is 48.9 Å². The molecule has 0 radical (unpaired) electrons. The number of aryl methyl sites for hydroxylation is 4. The van der Waals surface area contributed by atoms with E-state index in [0.717, 1.165) is 98.9 Å². The normalized spacial score (nSPS) is 11.7. The molecule has 0 heterocycles. The SMILES string of the molecule is CCCCCCc1ccc2c(CCCCCC)cccc2c1S(=O)(=O)[O-].CCCCCCc1ccc2c(CCCCCC)cccc2c1S(=O)(=O)[O-].[Ba+2]. The summed E-state index contributed by atoms with van der Waals surface area (Å²) in [6.45, 7) is 8.66. The number of fused-ring (bicyclic) bond motifs is 2. The Morgan fingerprint density at radius 2 is 0.679 bits per heavy atom. The number of rotatable bonds is 22. The van der Waals surface area contributed by atoms with Gasteiger partial charge in [-0.05, 0) is 95.2 Å². The van der Waals surface area contributed by atoms with Crippen LogP contribution in [0.3, 0.4) is 0 Å². The molecule has 0 fully saturated rings.